The molecule has 2 nitrogen and oxygen atoms in total. The second-order valence-corrected chi connectivity index (χ2v) is 5.64. The lowest BCUT2D eigenvalue weighted by molar-refractivity contribution is 0.605. The Balaban J connectivity index is 2.53. The van der Waals surface area contributed by atoms with Crippen molar-refractivity contribution in [1.29, 1.82) is 0 Å². The molecule has 1 unspecified atom stereocenters. The maximum atomic E-state index is 4.72. The monoisotopic (exact) mass is 298 g/mol. The summed E-state index contributed by atoms with van der Waals surface area (Å²) in [5.74, 6) is 0.985. The lowest BCUT2D eigenvalue weighted by atomic mass is 10.0. The van der Waals surface area contributed by atoms with Crippen LogP contribution in [0.25, 0.3) is 0 Å². The molecule has 0 aromatic rings. The van der Waals surface area contributed by atoms with Crippen LogP contribution in [0.2, 0.25) is 0 Å². The van der Waals surface area contributed by atoms with Crippen LogP contribution >= 0.6 is 0 Å². The fourth-order valence-corrected chi connectivity index (χ4v) is 2.53. The van der Waals surface area contributed by atoms with Crippen molar-refractivity contribution in [3.8, 4) is 0 Å². The Morgan fingerprint density at radius 2 is 2.18 bits per heavy atom. The SMILES string of the molecule is C=CC=CCC=CCCC1=CCC(CCC)N=C(C)NC1=C. The Kier molecular flexibility index (Phi) is 8.97. The topological polar surface area (TPSA) is 24.4 Å². The molecule has 2 heteroatoms. The summed E-state index contributed by atoms with van der Waals surface area (Å²) in [5, 5.41) is 3.33. The molecule has 1 atom stereocenters. The number of nitrogens with one attached hydrogen (secondary N) is 1. The molecule has 1 aliphatic heterocycles. The molecule has 22 heavy (non-hydrogen) atoms. The van der Waals surface area contributed by atoms with E-state index in [1.54, 1.807) is 6.08 Å². The Hall–Kier alpha value is -1.83. The lowest BCUT2D eigenvalue weighted by Gasteiger charge is -2.19. The number of aliphatic imine (C=N–C) groups is 1. The smallest absolute Gasteiger partial charge is 0.0979 e. The fourth-order valence-electron chi connectivity index (χ4n) is 2.53. The normalized spacial score (nSPS) is 19.5. The van der Waals surface area contributed by atoms with Crippen LogP contribution in [0, 0.1) is 0 Å². The summed E-state index contributed by atoms with van der Waals surface area (Å²) in [4.78, 5) is 4.72. The van der Waals surface area contributed by atoms with Crippen LogP contribution in [0.4, 0.5) is 0 Å². The highest BCUT2D eigenvalue weighted by Crippen LogP contribution is 2.19. The van der Waals surface area contributed by atoms with Crippen LogP contribution in [0.1, 0.15) is 52.4 Å². The molecule has 1 aliphatic rings. The first-order chi connectivity index (χ1) is 10.7. The second kappa shape index (κ2) is 10.8. The van der Waals surface area contributed by atoms with Crippen molar-refractivity contribution < 1.29 is 0 Å². The molecule has 0 radical (unpaired) electrons. The molecule has 0 fully saturated rings. The largest absolute Gasteiger partial charge is 0.345 e. The van der Waals surface area contributed by atoms with Crippen LogP contribution in [0.5, 0.6) is 0 Å². The second-order valence-electron chi connectivity index (χ2n) is 5.64. The minimum atomic E-state index is 0.403. The number of rotatable bonds is 8. The van der Waals surface area contributed by atoms with Crippen LogP contribution in [-0.4, -0.2) is 11.9 Å². The molecule has 120 valence electrons. The zero-order valence-electron chi connectivity index (χ0n) is 14.1. The van der Waals surface area contributed by atoms with Gasteiger partial charge in [-0.3, -0.25) is 4.99 Å². The van der Waals surface area contributed by atoms with Gasteiger partial charge in [-0.25, -0.2) is 0 Å². The molecule has 0 aliphatic carbocycles. The molecule has 0 spiro atoms. The Morgan fingerprint density at radius 3 is 2.91 bits per heavy atom. The minimum Gasteiger partial charge on any atom is -0.345 e. The summed E-state index contributed by atoms with van der Waals surface area (Å²) in [6.45, 7) is 12.1. The van der Waals surface area contributed by atoms with E-state index >= 15 is 0 Å². The van der Waals surface area contributed by atoms with Crippen molar-refractivity contribution in [3.63, 3.8) is 0 Å². The van der Waals surface area contributed by atoms with Gasteiger partial charge in [0.15, 0.2) is 0 Å². The van der Waals surface area contributed by atoms with Gasteiger partial charge in [0, 0.05) is 5.70 Å². The predicted molar refractivity (Wildman–Crippen MR) is 99.1 cm³/mol. The summed E-state index contributed by atoms with van der Waals surface area (Å²) >= 11 is 0. The van der Waals surface area contributed by atoms with Gasteiger partial charge < -0.3 is 5.32 Å². The van der Waals surface area contributed by atoms with Crippen LogP contribution in [-0.2, 0) is 0 Å². The quantitative estimate of drug-likeness (QED) is 0.466. The average molecular weight is 298 g/mol. The standard InChI is InChI=1S/C20H30N2/c1-5-7-8-9-10-11-12-14-19-15-16-20(13-6-2)22-18(4)21-17(19)3/h5,7-8,10-11,15,20H,1,3,6,9,12-14,16H2,2,4H3,(H,21,22). The Labute approximate surface area is 136 Å². The average Bonchev–Trinajstić information content (AvgIpc) is 2.47. The summed E-state index contributed by atoms with van der Waals surface area (Å²) in [6.07, 6.45) is 19.0. The molecule has 0 aromatic carbocycles. The van der Waals surface area contributed by atoms with Crippen LogP contribution in [0.15, 0.2) is 65.9 Å². The summed E-state index contributed by atoms with van der Waals surface area (Å²) in [6, 6.07) is 0.403. The summed E-state index contributed by atoms with van der Waals surface area (Å²) in [7, 11) is 0. The van der Waals surface area contributed by atoms with Crippen molar-refractivity contribution >= 4 is 5.84 Å². The Morgan fingerprint density at radius 1 is 1.36 bits per heavy atom. The molecule has 0 bridgehead atoms. The van der Waals surface area contributed by atoms with Crippen LogP contribution < -0.4 is 5.32 Å². The highest BCUT2D eigenvalue weighted by atomic mass is 15.0. The molecule has 0 aromatic heterocycles. The molecular weight excluding hydrogens is 268 g/mol. The number of amidine groups is 1. The van der Waals surface area contributed by atoms with E-state index in [4.69, 9.17) is 4.99 Å². The molecule has 1 N–H and O–H groups in total. The first-order valence-corrected chi connectivity index (χ1v) is 8.29. The fraction of sp³-hybridized carbons (Fsp3) is 0.450. The third kappa shape index (κ3) is 7.26. The molecular formula is C20H30N2. The van der Waals surface area contributed by atoms with Gasteiger partial charge in [0.1, 0.15) is 0 Å². The van der Waals surface area contributed by atoms with E-state index in [0.717, 1.165) is 43.6 Å². The van der Waals surface area contributed by atoms with Gasteiger partial charge in [0.05, 0.1) is 11.9 Å². The van der Waals surface area contributed by atoms with Gasteiger partial charge in [0.25, 0.3) is 0 Å². The zero-order valence-corrected chi connectivity index (χ0v) is 14.1. The van der Waals surface area contributed by atoms with E-state index in [0.29, 0.717) is 6.04 Å². The number of hydrogen-bond acceptors (Lipinski definition) is 2. The van der Waals surface area contributed by atoms with Gasteiger partial charge in [-0.05, 0) is 44.6 Å². The predicted octanol–water partition coefficient (Wildman–Crippen LogP) is 5.48. The van der Waals surface area contributed by atoms with Gasteiger partial charge in [-0.2, -0.15) is 0 Å². The van der Waals surface area contributed by atoms with Crippen molar-refractivity contribution in [1.82, 2.24) is 5.32 Å². The van der Waals surface area contributed by atoms with Gasteiger partial charge >= 0.3 is 0 Å². The number of nitrogens with zero attached hydrogens (tertiary/aromatic N) is 1. The van der Waals surface area contributed by atoms with E-state index in [-0.39, 0.29) is 0 Å². The van der Waals surface area contributed by atoms with E-state index in [1.807, 2.05) is 13.0 Å². The summed E-state index contributed by atoms with van der Waals surface area (Å²) < 4.78 is 0. The highest BCUT2D eigenvalue weighted by Gasteiger charge is 2.11. The zero-order chi connectivity index (χ0) is 16.2. The molecule has 0 amide bonds. The molecule has 1 rings (SSSR count). The third-order valence-electron chi connectivity index (χ3n) is 3.65. The van der Waals surface area contributed by atoms with E-state index in [9.17, 15) is 0 Å². The van der Waals surface area contributed by atoms with Gasteiger partial charge in [-0.15, -0.1) is 0 Å². The van der Waals surface area contributed by atoms with E-state index in [2.05, 4.69) is 49.7 Å². The van der Waals surface area contributed by atoms with Gasteiger partial charge in [0.2, 0.25) is 0 Å². The third-order valence-corrected chi connectivity index (χ3v) is 3.65. The first-order valence-electron chi connectivity index (χ1n) is 8.29. The molecule has 1 heterocycles. The van der Waals surface area contributed by atoms with Crippen molar-refractivity contribution in [2.45, 2.75) is 58.4 Å². The molecule has 0 saturated carbocycles. The number of hydrogen-bond donors (Lipinski definition) is 1. The van der Waals surface area contributed by atoms with Gasteiger partial charge in [-0.1, -0.05) is 63.0 Å². The highest BCUT2D eigenvalue weighted by molar-refractivity contribution is 5.82. The van der Waals surface area contributed by atoms with Crippen LogP contribution in [0.3, 0.4) is 0 Å². The minimum absolute atomic E-state index is 0.403. The van der Waals surface area contributed by atoms with Crippen molar-refractivity contribution in [2.75, 3.05) is 0 Å². The maximum absolute atomic E-state index is 4.72. The van der Waals surface area contributed by atoms with Crippen molar-refractivity contribution in [2.24, 2.45) is 4.99 Å². The maximum Gasteiger partial charge on any atom is 0.0979 e. The Bertz CT molecular complexity index is 478. The van der Waals surface area contributed by atoms with Crippen molar-refractivity contribution in [3.05, 3.63) is 60.9 Å². The number of allylic oxidation sites excluding steroid dienone is 6. The molecule has 0 saturated heterocycles. The van der Waals surface area contributed by atoms with E-state index in [1.165, 1.54) is 12.0 Å². The lowest BCUT2D eigenvalue weighted by Crippen LogP contribution is -2.24. The van der Waals surface area contributed by atoms with E-state index < -0.39 is 0 Å². The summed E-state index contributed by atoms with van der Waals surface area (Å²) in [5.41, 5.74) is 2.32. The first kappa shape index (κ1) is 18.2.